The van der Waals surface area contributed by atoms with Crippen LogP contribution < -0.4 is 0 Å². The van der Waals surface area contributed by atoms with E-state index < -0.39 is 0 Å². The molecule has 0 N–H and O–H groups in total. The van der Waals surface area contributed by atoms with Crippen LogP contribution in [0.5, 0.6) is 0 Å². The molecule has 3 nitrogen and oxygen atoms in total. The van der Waals surface area contributed by atoms with Crippen molar-refractivity contribution in [1.29, 1.82) is 0 Å². The van der Waals surface area contributed by atoms with E-state index in [1.807, 2.05) is 12.3 Å². The molecule has 4 heteroatoms. The van der Waals surface area contributed by atoms with Gasteiger partial charge in [0.05, 0.1) is 5.25 Å². The van der Waals surface area contributed by atoms with Gasteiger partial charge < -0.3 is 4.57 Å². The van der Waals surface area contributed by atoms with Crippen LogP contribution in [0.2, 0.25) is 0 Å². The van der Waals surface area contributed by atoms with Crippen LogP contribution in [0, 0.1) is 0 Å². The molecule has 1 aliphatic heterocycles. The third-order valence-electron chi connectivity index (χ3n) is 3.86. The topological polar surface area (TPSA) is 30.7 Å². The first-order valence-corrected chi connectivity index (χ1v) is 7.93. The summed E-state index contributed by atoms with van der Waals surface area (Å²) < 4.78 is 2.43. The number of fused-ring (bicyclic) bond motifs is 1. The van der Waals surface area contributed by atoms with Crippen molar-refractivity contribution in [3.63, 3.8) is 0 Å². The minimum Gasteiger partial charge on any atom is -0.309 e. The molecule has 94 valence electrons. The Morgan fingerprint density at radius 2 is 2.17 bits per heavy atom. The van der Waals surface area contributed by atoms with E-state index in [4.69, 9.17) is 4.98 Å². The molecule has 0 amide bonds. The monoisotopic (exact) mass is 259 g/mol. The lowest BCUT2D eigenvalue weighted by atomic mass is 10.2. The van der Waals surface area contributed by atoms with Crippen molar-refractivity contribution in [2.75, 3.05) is 5.75 Å². The lowest BCUT2D eigenvalue weighted by Crippen LogP contribution is -2.10. The van der Waals surface area contributed by atoms with Crippen LogP contribution in [-0.4, -0.2) is 20.3 Å². The Balaban J connectivity index is 1.84. The zero-order chi connectivity index (χ0) is 11.9. The van der Waals surface area contributed by atoms with E-state index in [0.717, 1.165) is 11.2 Å². The fraction of sp³-hybridized carbons (Fsp3) is 0.571. The van der Waals surface area contributed by atoms with Crippen molar-refractivity contribution in [2.45, 2.75) is 43.4 Å². The maximum absolute atomic E-state index is 4.88. The average Bonchev–Trinajstić information content (AvgIpc) is 3.19. The molecular formula is C14H17N3S. The summed E-state index contributed by atoms with van der Waals surface area (Å²) in [6.45, 7) is 0. The van der Waals surface area contributed by atoms with Crippen LogP contribution in [0.1, 0.15) is 49.2 Å². The Bertz CT molecular complexity index is 567. The van der Waals surface area contributed by atoms with Gasteiger partial charge in [0.1, 0.15) is 11.3 Å². The Labute approximate surface area is 111 Å². The zero-order valence-corrected chi connectivity index (χ0v) is 11.2. The number of hydrogen-bond acceptors (Lipinski definition) is 3. The molecule has 18 heavy (non-hydrogen) atoms. The van der Waals surface area contributed by atoms with Crippen molar-refractivity contribution in [3.05, 3.63) is 24.2 Å². The number of aromatic nitrogens is 3. The van der Waals surface area contributed by atoms with Gasteiger partial charge in [0.25, 0.3) is 0 Å². The standard InChI is InChI=1S/C14H17N3S/c1-2-9-18-12(5-1)14-16-11-4-3-8-15-13(11)17(14)10-6-7-10/h3-4,8,10,12H,1-2,5-7,9H2. The van der Waals surface area contributed by atoms with Crippen molar-refractivity contribution in [1.82, 2.24) is 14.5 Å². The number of thioether (sulfide) groups is 1. The molecular weight excluding hydrogens is 242 g/mol. The van der Waals surface area contributed by atoms with Gasteiger partial charge in [-0.05, 0) is 43.6 Å². The third-order valence-corrected chi connectivity index (χ3v) is 5.23. The maximum Gasteiger partial charge on any atom is 0.160 e. The highest BCUT2D eigenvalue weighted by molar-refractivity contribution is 7.99. The molecule has 4 rings (SSSR count). The third kappa shape index (κ3) is 1.74. The van der Waals surface area contributed by atoms with Crippen molar-refractivity contribution in [2.24, 2.45) is 0 Å². The highest BCUT2D eigenvalue weighted by Crippen LogP contribution is 2.44. The highest BCUT2D eigenvalue weighted by Gasteiger charge is 2.32. The number of nitrogens with zero attached hydrogens (tertiary/aromatic N) is 3. The molecule has 0 spiro atoms. The molecule has 0 bridgehead atoms. The molecule has 1 aliphatic carbocycles. The fourth-order valence-electron chi connectivity index (χ4n) is 2.81. The van der Waals surface area contributed by atoms with Crippen molar-refractivity contribution >= 4 is 22.9 Å². The second kappa shape index (κ2) is 4.26. The quantitative estimate of drug-likeness (QED) is 0.823. The summed E-state index contributed by atoms with van der Waals surface area (Å²) >= 11 is 2.08. The van der Waals surface area contributed by atoms with E-state index in [-0.39, 0.29) is 0 Å². The molecule has 0 aromatic carbocycles. The predicted molar refractivity (Wildman–Crippen MR) is 74.8 cm³/mol. The largest absolute Gasteiger partial charge is 0.309 e. The second-order valence-corrected chi connectivity index (χ2v) is 6.58. The lowest BCUT2D eigenvalue weighted by Gasteiger charge is -2.21. The summed E-state index contributed by atoms with van der Waals surface area (Å²) in [6, 6.07) is 4.75. The van der Waals surface area contributed by atoms with Crippen LogP contribution in [0.25, 0.3) is 11.2 Å². The van der Waals surface area contributed by atoms with Gasteiger partial charge in [0.15, 0.2) is 5.65 Å². The Morgan fingerprint density at radius 1 is 1.22 bits per heavy atom. The first-order valence-electron chi connectivity index (χ1n) is 6.88. The predicted octanol–water partition coefficient (Wildman–Crippen LogP) is 3.72. The molecule has 1 saturated carbocycles. The molecule has 2 aliphatic rings. The Morgan fingerprint density at radius 3 is 2.94 bits per heavy atom. The lowest BCUT2D eigenvalue weighted by molar-refractivity contribution is 0.617. The first kappa shape index (κ1) is 10.9. The van der Waals surface area contributed by atoms with Crippen LogP contribution in [0.3, 0.4) is 0 Å². The Kier molecular flexibility index (Phi) is 2.57. The van der Waals surface area contributed by atoms with Gasteiger partial charge in [-0.15, -0.1) is 0 Å². The molecule has 2 fully saturated rings. The molecule has 1 atom stereocenters. The van der Waals surface area contributed by atoms with Crippen molar-refractivity contribution in [3.8, 4) is 0 Å². The number of hydrogen-bond donors (Lipinski definition) is 0. The molecule has 0 radical (unpaired) electrons. The van der Waals surface area contributed by atoms with E-state index in [2.05, 4.69) is 27.4 Å². The van der Waals surface area contributed by atoms with E-state index in [9.17, 15) is 0 Å². The average molecular weight is 259 g/mol. The molecule has 1 unspecified atom stereocenters. The molecule has 2 aromatic heterocycles. The van der Waals surface area contributed by atoms with Gasteiger partial charge >= 0.3 is 0 Å². The van der Waals surface area contributed by atoms with Gasteiger partial charge in [-0.2, -0.15) is 11.8 Å². The maximum atomic E-state index is 4.88. The SMILES string of the molecule is c1cnc2c(c1)nc(C1CCCCS1)n2C1CC1. The summed E-state index contributed by atoms with van der Waals surface area (Å²) in [5.74, 6) is 2.57. The summed E-state index contributed by atoms with van der Waals surface area (Å²) in [5.41, 5.74) is 2.17. The highest BCUT2D eigenvalue weighted by atomic mass is 32.2. The summed E-state index contributed by atoms with van der Waals surface area (Å²) in [7, 11) is 0. The first-order chi connectivity index (χ1) is 8.93. The van der Waals surface area contributed by atoms with E-state index in [1.165, 1.54) is 43.7 Å². The molecule has 1 saturated heterocycles. The van der Waals surface area contributed by atoms with E-state index >= 15 is 0 Å². The summed E-state index contributed by atoms with van der Waals surface area (Å²) in [5, 5.41) is 0.591. The van der Waals surface area contributed by atoms with Gasteiger partial charge in [0.2, 0.25) is 0 Å². The Hall–Kier alpha value is -1.03. The van der Waals surface area contributed by atoms with Gasteiger partial charge in [-0.3, -0.25) is 0 Å². The smallest absolute Gasteiger partial charge is 0.160 e. The van der Waals surface area contributed by atoms with Gasteiger partial charge in [0, 0.05) is 12.2 Å². The van der Waals surface area contributed by atoms with Crippen LogP contribution in [0.15, 0.2) is 18.3 Å². The van der Waals surface area contributed by atoms with Gasteiger partial charge in [-0.1, -0.05) is 6.42 Å². The fourth-order valence-corrected chi connectivity index (χ4v) is 4.12. The minimum atomic E-state index is 0.591. The summed E-state index contributed by atoms with van der Waals surface area (Å²) in [6.07, 6.45) is 8.47. The van der Waals surface area contributed by atoms with E-state index in [0.29, 0.717) is 11.3 Å². The number of pyridine rings is 1. The van der Waals surface area contributed by atoms with Gasteiger partial charge in [-0.25, -0.2) is 9.97 Å². The molecule has 3 heterocycles. The van der Waals surface area contributed by atoms with Crippen LogP contribution >= 0.6 is 11.8 Å². The van der Waals surface area contributed by atoms with Crippen LogP contribution in [0.4, 0.5) is 0 Å². The minimum absolute atomic E-state index is 0.591. The molecule has 2 aromatic rings. The van der Waals surface area contributed by atoms with Crippen molar-refractivity contribution < 1.29 is 0 Å². The normalized spacial score (nSPS) is 24.6. The number of rotatable bonds is 2. The number of imidazole rings is 1. The second-order valence-electron chi connectivity index (χ2n) is 5.27. The van der Waals surface area contributed by atoms with E-state index in [1.54, 1.807) is 0 Å². The zero-order valence-electron chi connectivity index (χ0n) is 10.4. The summed E-state index contributed by atoms with van der Waals surface area (Å²) in [4.78, 5) is 9.43. The van der Waals surface area contributed by atoms with Crippen LogP contribution in [-0.2, 0) is 0 Å².